The van der Waals surface area contributed by atoms with Gasteiger partial charge in [0.2, 0.25) is 10.0 Å². The van der Waals surface area contributed by atoms with E-state index in [0.29, 0.717) is 12.2 Å². The van der Waals surface area contributed by atoms with Crippen molar-refractivity contribution >= 4 is 21.8 Å². The lowest BCUT2D eigenvalue weighted by Crippen LogP contribution is -2.41. The second-order valence-electron chi connectivity index (χ2n) is 6.06. The van der Waals surface area contributed by atoms with Crippen LogP contribution >= 0.6 is 0 Å². The molecular formula is C16H24N2O4S. The van der Waals surface area contributed by atoms with Crippen LogP contribution in [0.3, 0.4) is 0 Å². The van der Waals surface area contributed by atoms with Crippen LogP contribution in [0.15, 0.2) is 29.2 Å². The van der Waals surface area contributed by atoms with E-state index in [4.69, 9.17) is 4.74 Å². The SMILES string of the molecule is CC(C)OC(=O)Nc1ccc(S(=O)(=O)N2CCCCC2C)cc1. The maximum atomic E-state index is 12.7. The number of carbonyl (C=O) groups is 1. The minimum atomic E-state index is -3.49. The van der Waals surface area contributed by atoms with E-state index in [0.717, 1.165) is 19.3 Å². The van der Waals surface area contributed by atoms with Crippen LogP contribution in [0.25, 0.3) is 0 Å². The Balaban J connectivity index is 2.10. The summed E-state index contributed by atoms with van der Waals surface area (Å²) < 4.78 is 31.9. The van der Waals surface area contributed by atoms with E-state index in [-0.39, 0.29) is 17.0 Å². The van der Waals surface area contributed by atoms with Gasteiger partial charge in [0, 0.05) is 18.3 Å². The van der Waals surface area contributed by atoms with Crippen molar-refractivity contribution < 1.29 is 17.9 Å². The third kappa shape index (κ3) is 4.45. The molecule has 0 aliphatic carbocycles. The predicted octanol–water partition coefficient (Wildman–Crippen LogP) is 3.21. The molecule has 1 saturated heterocycles. The smallest absolute Gasteiger partial charge is 0.411 e. The van der Waals surface area contributed by atoms with Gasteiger partial charge in [-0.25, -0.2) is 13.2 Å². The van der Waals surface area contributed by atoms with E-state index in [2.05, 4.69) is 5.32 Å². The molecule has 2 rings (SSSR count). The molecule has 1 aliphatic heterocycles. The van der Waals surface area contributed by atoms with Gasteiger partial charge < -0.3 is 4.74 Å². The van der Waals surface area contributed by atoms with Crippen molar-refractivity contribution in [3.63, 3.8) is 0 Å². The van der Waals surface area contributed by atoms with Gasteiger partial charge in [-0.3, -0.25) is 5.32 Å². The van der Waals surface area contributed by atoms with Gasteiger partial charge in [-0.05, 0) is 57.9 Å². The zero-order valence-corrected chi connectivity index (χ0v) is 14.6. The molecule has 1 aromatic rings. The van der Waals surface area contributed by atoms with Gasteiger partial charge in [0.1, 0.15) is 0 Å². The Hall–Kier alpha value is -1.60. The Morgan fingerprint density at radius 3 is 2.48 bits per heavy atom. The normalized spacial score (nSPS) is 19.6. The number of sulfonamides is 1. The molecule has 128 valence electrons. The quantitative estimate of drug-likeness (QED) is 0.913. The molecule has 0 radical (unpaired) electrons. The molecule has 1 aliphatic rings. The van der Waals surface area contributed by atoms with Crippen LogP contribution in [-0.4, -0.2) is 37.5 Å². The van der Waals surface area contributed by atoms with Crippen LogP contribution in [0.2, 0.25) is 0 Å². The summed E-state index contributed by atoms with van der Waals surface area (Å²) in [5.74, 6) is 0. The largest absolute Gasteiger partial charge is 0.447 e. The number of piperidine rings is 1. The number of hydrogen-bond acceptors (Lipinski definition) is 4. The standard InChI is InChI=1S/C16H24N2O4S/c1-12(2)22-16(19)17-14-7-9-15(10-8-14)23(20,21)18-11-5-4-6-13(18)3/h7-10,12-13H,4-6,11H2,1-3H3,(H,17,19). The second kappa shape index (κ2) is 7.31. The highest BCUT2D eigenvalue weighted by molar-refractivity contribution is 7.89. The van der Waals surface area contributed by atoms with Crippen LogP contribution in [-0.2, 0) is 14.8 Å². The summed E-state index contributed by atoms with van der Waals surface area (Å²) in [4.78, 5) is 11.8. The lowest BCUT2D eigenvalue weighted by molar-refractivity contribution is 0.130. The number of rotatable bonds is 4. The predicted molar refractivity (Wildman–Crippen MR) is 88.9 cm³/mol. The highest BCUT2D eigenvalue weighted by atomic mass is 32.2. The van der Waals surface area contributed by atoms with Crippen LogP contribution in [0.4, 0.5) is 10.5 Å². The number of hydrogen-bond donors (Lipinski definition) is 1. The molecule has 1 N–H and O–H groups in total. The van der Waals surface area contributed by atoms with Gasteiger partial charge >= 0.3 is 6.09 Å². The summed E-state index contributed by atoms with van der Waals surface area (Å²) in [7, 11) is -3.49. The minimum Gasteiger partial charge on any atom is -0.447 e. The van der Waals surface area contributed by atoms with Gasteiger partial charge in [0.25, 0.3) is 0 Å². The van der Waals surface area contributed by atoms with Gasteiger partial charge in [-0.2, -0.15) is 4.31 Å². The molecule has 0 aromatic heterocycles. The maximum absolute atomic E-state index is 12.7. The van der Waals surface area contributed by atoms with Crippen molar-refractivity contribution in [2.75, 3.05) is 11.9 Å². The van der Waals surface area contributed by atoms with E-state index in [1.807, 2.05) is 6.92 Å². The van der Waals surface area contributed by atoms with E-state index in [1.165, 1.54) is 12.1 Å². The molecule has 7 heteroatoms. The van der Waals surface area contributed by atoms with Crippen molar-refractivity contribution in [1.29, 1.82) is 0 Å². The van der Waals surface area contributed by atoms with Gasteiger partial charge in [-0.15, -0.1) is 0 Å². The molecule has 0 spiro atoms. The molecule has 1 aromatic carbocycles. The lowest BCUT2D eigenvalue weighted by Gasteiger charge is -2.32. The first-order chi connectivity index (χ1) is 10.8. The number of nitrogens with zero attached hydrogens (tertiary/aromatic N) is 1. The first kappa shape index (κ1) is 17.7. The first-order valence-corrected chi connectivity index (χ1v) is 9.34. The number of amides is 1. The van der Waals surface area contributed by atoms with E-state index < -0.39 is 16.1 Å². The number of anilines is 1. The third-order valence-electron chi connectivity index (χ3n) is 3.79. The molecule has 1 amide bonds. The molecule has 0 saturated carbocycles. The Labute approximate surface area is 137 Å². The zero-order valence-electron chi connectivity index (χ0n) is 13.8. The fourth-order valence-corrected chi connectivity index (χ4v) is 4.34. The summed E-state index contributed by atoms with van der Waals surface area (Å²) in [6.45, 7) is 6.02. The molecule has 1 unspecified atom stereocenters. The number of carbonyl (C=O) groups excluding carboxylic acids is 1. The second-order valence-corrected chi connectivity index (χ2v) is 7.95. The lowest BCUT2D eigenvalue weighted by atomic mass is 10.1. The van der Waals surface area contributed by atoms with Crippen molar-refractivity contribution in [3.05, 3.63) is 24.3 Å². The molecule has 0 bridgehead atoms. The van der Waals surface area contributed by atoms with Gasteiger partial charge in [0.05, 0.1) is 11.0 Å². The molecule has 23 heavy (non-hydrogen) atoms. The summed E-state index contributed by atoms with van der Waals surface area (Å²) in [6, 6.07) is 6.20. The topological polar surface area (TPSA) is 75.7 Å². The Morgan fingerprint density at radius 2 is 1.91 bits per heavy atom. The average Bonchev–Trinajstić information content (AvgIpc) is 2.47. The Kier molecular flexibility index (Phi) is 5.64. The molecule has 6 nitrogen and oxygen atoms in total. The highest BCUT2D eigenvalue weighted by Crippen LogP contribution is 2.25. The molecular weight excluding hydrogens is 316 g/mol. The average molecular weight is 340 g/mol. The fourth-order valence-electron chi connectivity index (χ4n) is 2.64. The highest BCUT2D eigenvalue weighted by Gasteiger charge is 2.30. The Bertz CT molecular complexity index is 641. The number of ether oxygens (including phenoxy) is 1. The van der Waals surface area contributed by atoms with Crippen molar-refractivity contribution in [3.8, 4) is 0 Å². The monoisotopic (exact) mass is 340 g/mol. The molecule has 1 heterocycles. The van der Waals surface area contributed by atoms with E-state index >= 15 is 0 Å². The summed E-state index contributed by atoms with van der Waals surface area (Å²) in [5, 5.41) is 2.57. The van der Waals surface area contributed by atoms with Crippen LogP contribution in [0, 0.1) is 0 Å². The van der Waals surface area contributed by atoms with Crippen molar-refractivity contribution in [1.82, 2.24) is 4.31 Å². The summed E-state index contributed by atoms with van der Waals surface area (Å²) in [6.07, 6.45) is 2.08. The molecule has 1 atom stereocenters. The van der Waals surface area contributed by atoms with Gasteiger partial charge in [-0.1, -0.05) is 6.42 Å². The van der Waals surface area contributed by atoms with Crippen molar-refractivity contribution in [2.24, 2.45) is 0 Å². The summed E-state index contributed by atoms with van der Waals surface area (Å²) in [5.41, 5.74) is 0.501. The zero-order chi connectivity index (χ0) is 17.0. The summed E-state index contributed by atoms with van der Waals surface area (Å²) >= 11 is 0. The maximum Gasteiger partial charge on any atom is 0.411 e. The van der Waals surface area contributed by atoms with Crippen LogP contribution in [0.1, 0.15) is 40.0 Å². The number of benzene rings is 1. The van der Waals surface area contributed by atoms with Gasteiger partial charge in [0.15, 0.2) is 0 Å². The third-order valence-corrected chi connectivity index (χ3v) is 5.82. The van der Waals surface area contributed by atoms with Crippen LogP contribution in [0.5, 0.6) is 0 Å². The Morgan fingerprint density at radius 1 is 1.26 bits per heavy atom. The number of nitrogens with one attached hydrogen (secondary N) is 1. The first-order valence-electron chi connectivity index (χ1n) is 7.90. The van der Waals surface area contributed by atoms with E-state index in [1.54, 1.807) is 30.3 Å². The van der Waals surface area contributed by atoms with Crippen LogP contribution < -0.4 is 5.32 Å². The van der Waals surface area contributed by atoms with E-state index in [9.17, 15) is 13.2 Å². The fraction of sp³-hybridized carbons (Fsp3) is 0.562. The van der Waals surface area contributed by atoms with Crippen molar-refractivity contribution in [2.45, 2.75) is 57.1 Å². The minimum absolute atomic E-state index is 0.0209. The molecule has 1 fully saturated rings.